The Kier molecular flexibility index (Phi) is 6.17. The highest BCUT2D eigenvalue weighted by Gasteiger charge is 2.14. The first-order valence-corrected chi connectivity index (χ1v) is 7.30. The molecular formula is C14H25N3O2. The van der Waals surface area contributed by atoms with Gasteiger partial charge in [-0.15, -0.1) is 0 Å². The lowest BCUT2D eigenvalue weighted by molar-refractivity contribution is 0.0699. The maximum atomic E-state index is 5.37. The molecule has 1 aliphatic heterocycles. The van der Waals surface area contributed by atoms with Crippen LogP contribution in [0, 0.1) is 5.92 Å². The van der Waals surface area contributed by atoms with Gasteiger partial charge in [-0.2, -0.15) is 0 Å². The second kappa shape index (κ2) is 8.17. The van der Waals surface area contributed by atoms with Gasteiger partial charge in [0.05, 0.1) is 0 Å². The van der Waals surface area contributed by atoms with Gasteiger partial charge in [0.15, 0.2) is 0 Å². The molecule has 0 bridgehead atoms. The van der Waals surface area contributed by atoms with Crippen LogP contribution in [0.5, 0.6) is 0 Å². The first kappa shape index (κ1) is 14.3. The molecule has 2 heterocycles. The summed E-state index contributed by atoms with van der Waals surface area (Å²) >= 11 is 0. The van der Waals surface area contributed by atoms with Crippen molar-refractivity contribution in [1.29, 1.82) is 0 Å². The molecule has 2 rings (SSSR count). The van der Waals surface area contributed by atoms with Crippen LogP contribution in [0.1, 0.15) is 26.2 Å². The van der Waals surface area contributed by atoms with Crippen LogP contribution in [-0.4, -0.2) is 42.5 Å². The van der Waals surface area contributed by atoms with E-state index in [1.165, 1.54) is 0 Å². The molecule has 1 N–H and O–H groups in total. The summed E-state index contributed by atoms with van der Waals surface area (Å²) in [5.74, 6) is 1.69. The molecule has 0 atom stereocenters. The number of aryl methyl sites for hydroxylation is 1. The molecule has 1 saturated heterocycles. The first-order chi connectivity index (χ1) is 9.40. The van der Waals surface area contributed by atoms with Gasteiger partial charge >= 0.3 is 0 Å². The van der Waals surface area contributed by atoms with Crippen LogP contribution in [0.4, 0.5) is 5.95 Å². The molecule has 0 amide bonds. The highest BCUT2D eigenvalue weighted by molar-refractivity contribution is 5.25. The topological polar surface area (TPSA) is 48.3 Å². The fourth-order valence-electron chi connectivity index (χ4n) is 2.32. The Labute approximate surface area is 115 Å². The summed E-state index contributed by atoms with van der Waals surface area (Å²) in [6.45, 7) is 7.37. The molecule has 0 radical (unpaired) electrons. The van der Waals surface area contributed by atoms with E-state index in [0.717, 1.165) is 64.7 Å². The molecular weight excluding hydrogens is 242 g/mol. The Morgan fingerprint density at radius 3 is 3.11 bits per heavy atom. The predicted molar refractivity (Wildman–Crippen MR) is 75.4 cm³/mol. The van der Waals surface area contributed by atoms with Gasteiger partial charge in [-0.25, -0.2) is 4.98 Å². The molecule has 0 aliphatic carbocycles. The summed E-state index contributed by atoms with van der Waals surface area (Å²) < 4.78 is 12.9. The molecule has 1 aromatic heterocycles. The van der Waals surface area contributed by atoms with Crippen LogP contribution in [0.25, 0.3) is 0 Å². The molecule has 0 aromatic carbocycles. The lowest BCUT2D eigenvalue weighted by Gasteiger charge is -2.22. The zero-order valence-electron chi connectivity index (χ0n) is 11.8. The predicted octanol–water partition coefficient (Wildman–Crippen LogP) is 2.15. The number of hydrogen-bond acceptors (Lipinski definition) is 4. The highest BCUT2D eigenvalue weighted by atomic mass is 16.5. The van der Waals surface area contributed by atoms with Crippen LogP contribution in [0.3, 0.4) is 0 Å². The quantitative estimate of drug-likeness (QED) is 0.733. The molecule has 1 fully saturated rings. The average molecular weight is 267 g/mol. The van der Waals surface area contributed by atoms with Crippen molar-refractivity contribution in [2.75, 3.05) is 38.3 Å². The minimum Gasteiger partial charge on any atom is -0.382 e. The Hall–Kier alpha value is -1.07. The fourth-order valence-corrected chi connectivity index (χ4v) is 2.32. The number of rotatable bonds is 8. The molecule has 0 saturated carbocycles. The van der Waals surface area contributed by atoms with E-state index >= 15 is 0 Å². The van der Waals surface area contributed by atoms with Crippen LogP contribution in [-0.2, 0) is 16.0 Å². The average Bonchev–Trinajstić information content (AvgIpc) is 2.90. The second-order valence-corrected chi connectivity index (χ2v) is 4.93. The highest BCUT2D eigenvalue weighted by Crippen LogP contribution is 2.15. The second-order valence-electron chi connectivity index (χ2n) is 4.93. The van der Waals surface area contributed by atoms with Crippen molar-refractivity contribution in [2.45, 2.75) is 32.7 Å². The summed E-state index contributed by atoms with van der Waals surface area (Å²) in [5, 5.41) is 3.46. The maximum Gasteiger partial charge on any atom is 0.202 e. The minimum absolute atomic E-state index is 0.710. The van der Waals surface area contributed by atoms with Crippen LogP contribution < -0.4 is 5.32 Å². The van der Waals surface area contributed by atoms with E-state index in [1.807, 2.05) is 19.3 Å². The van der Waals surface area contributed by atoms with Crippen LogP contribution >= 0.6 is 0 Å². The van der Waals surface area contributed by atoms with Crippen molar-refractivity contribution in [2.24, 2.45) is 5.92 Å². The van der Waals surface area contributed by atoms with Gasteiger partial charge in [0.25, 0.3) is 0 Å². The Bertz CT molecular complexity index is 348. The van der Waals surface area contributed by atoms with Crippen molar-refractivity contribution in [1.82, 2.24) is 9.55 Å². The molecule has 19 heavy (non-hydrogen) atoms. The SMILES string of the molecule is CCOCCCn1ccnc1NCC1CCOCC1. The van der Waals surface area contributed by atoms with E-state index < -0.39 is 0 Å². The van der Waals surface area contributed by atoms with Gasteiger partial charge in [-0.3, -0.25) is 0 Å². The van der Waals surface area contributed by atoms with E-state index in [1.54, 1.807) is 0 Å². The van der Waals surface area contributed by atoms with Gasteiger partial charge < -0.3 is 19.4 Å². The first-order valence-electron chi connectivity index (χ1n) is 7.30. The summed E-state index contributed by atoms with van der Waals surface area (Å²) in [6, 6.07) is 0. The Morgan fingerprint density at radius 2 is 2.32 bits per heavy atom. The summed E-state index contributed by atoms with van der Waals surface area (Å²) in [4.78, 5) is 4.38. The number of ether oxygens (including phenoxy) is 2. The van der Waals surface area contributed by atoms with Gasteiger partial charge in [0, 0.05) is 51.9 Å². The molecule has 0 unspecified atom stereocenters. The minimum atomic E-state index is 0.710. The third kappa shape index (κ3) is 4.84. The monoisotopic (exact) mass is 267 g/mol. The normalized spacial score (nSPS) is 16.7. The lowest BCUT2D eigenvalue weighted by Crippen LogP contribution is -2.23. The van der Waals surface area contributed by atoms with E-state index in [2.05, 4.69) is 14.9 Å². The van der Waals surface area contributed by atoms with Crippen LogP contribution in [0.15, 0.2) is 12.4 Å². The molecule has 1 aliphatic rings. The summed E-state index contributed by atoms with van der Waals surface area (Å²) in [5.41, 5.74) is 0. The maximum absolute atomic E-state index is 5.37. The van der Waals surface area contributed by atoms with Crippen molar-refractivity contribution in [3.63, 3.8) is 0 Å². The fraction of sp³-hybridized carbons (Fsp3) is 0.786. The largest absolute Gasteiger partial charge is 0.382 e. The number of aromatic nitrogens is 2. The smallest absolute Gasteiger partial charge is 0.202 e. The molecule has 5 heteroatoms. The molecule has 5 nitrogen and oxygen atoms in total. The third-order valence-electron chi connectivity index (χ3n) is 3.50. The van der Waals surface area contributed by atoms with Crippen molar-refractivity contribution < 1.29 is 9.47 Å². The number of anilines is 1. The van der Waals surface area contributed by atoms with Crippen molar-refractivity contribution in [3.05, 3.63) is 12.4 Å². The molecule has 108 valence electrons. The van der Waals surface area contributed by atoms with E-state index in [4.69, 9.17) is 9.47 Å². The molecule has 1 aromatic rings. The van der Waals surface area contributed by atoms with E-state index in [-0.39, 0.29) is 0 Å². The Balaban J connectivity index is 1.72. The van der Waals surface area contributed by atoms with Gasteiger partial charge in [0.1, 0.15) is 0 Å². The number of imidazole rings is 1. The van der Waals surface area contributed by atoms with Crippen LogP contribution in [0.2, 0.25) is 0 Å². The summed E-state index contributed by atoms with van der Waals surface area (Å²) in [6.07, 6.45) is 7.21. The van der Waals surface area contributed by atoms with Gasteiger partial charge in [0.2, 0.25) is 5.95 Å². The Morgan fingerprint density at radius 1 is 1.47 bits per heavy atom. The standard InChI is InChI=1S/C14H25N3O2/c1-2-18-9-3-7-17-8-6-15-14(17)16-12-13-4-10-19-11-5-13/h6,8,13H,2-5,7,9-12H2,1H3,(H,15,16). The summed E-state index contributed by atoms with van der Waals surface area (Å²) in [7, 11) is 0. The number of nitrogens with one attached hydrogen (secondary N) is 1. The van der Waals surface area contributed by atoms with Gasteiger partial charge in [-0.05, 0) is 32.1 Å². The van der Waals surface area contributed by atoms with Crippen molar-refractivity contribution in [3.8, 4) is 0 Å². The van der Waals surface area contributed by atoms with Gasteiger partial charge in [-0.1, -0.05) is 0 Å². The zero-order chi connectivity index (χ0) is 13.3. The number of nitrogens with zero attached hydrogens (tertiary/aromatic N) is 2. The lowest BCUT2D eigenvalue weighted by atomic mass is 10.0. The van der Waals surface area contributed by atoms with E-state index in [9.17, 15) is 0 Å². The molecule has 0 spiro atoms. The third-order valence-corrected chi connectivity index (χ3v) is 3.50. The number of hydrogen-bond donors (Lipinski definition) is 1. The van der Waals surface area contributed by atoms with Crippen molar-refractivity contribution >= 4 is 5.95 Å². The van der Waals surface area contributed by atoms with E-state index in [0.29, 0.717) is 5.92 Å². The zero-order valence-corrected chi connectivity index (χ0v) is 11.8.